The van der Waals surface area contributed by atoms with Gasteiger partial charge in [-0.25, -0.2) is 0 Å². The van der Waals surface area contributed by atoms with Gasteiger partial charge in [0.05, 0.1) is 6.61 Å². The summed E-state index contributed by atoms with van der Waals surface area (Å²) in [6.07, 6.45) is 3.92. The highest BCUT2D eigenvalue weighted by molar-refractivity contribution is 4.85. The van der Waals surface area contributed by atoms with Crippen molar-refractivity contribution in [1.82, 2.24) is 5.32 Å². The van der Waals surface area contributed by atoms with Crippen molar-refractivity contribution in [2.45, 2.75) is 45.2 Å². The van der Waals surface area contributed by atoms with E-state index in [1.54, 1.807) is 0 Å². The summed E-state index contributed by atoms with van der Waals surface area (Å²) in [6, 6.07) is 0.958. The maximum Gasteiger partial charge on any atom is 0.0582 e. The van der Waals surface area contributed by atoms with Gasteiger partial charge in [0.1, 0.15) is 0 Å². The third-order valence-corrected chi connectivity index (χ3v) is 2.61. The molecule has 2 N–H and O–H groups in total. The molecule has 0 saturated heterocycles. The van der Waals surface area contributed by atoms with Gasteiger partial charge in [-0.05, 0) is 25.7 Å². The molecule has 1 aliphatic carbocycles. The molecule has 0 radical (unpaired) electrons. The Morgan fingerprint density at radius 3 is 2.64 bits per heavy atom. The second-order valence-electron chi connectivity index (χ2n) is 3.69. The number of rotatable bonds is 4. The molecule has 11 heavy (non-hydrogen) atoms. The van der Waals surface area contributed by atoms with Crippen LogP contribution >= 0.6 is 0 Å². The average molecular weight is 157 g/mol. The van der Waals surface area contributed by atoms with Crippen LogP contribution in [0.2, 0.25) is 0 Å². The molecule has 0 unspecified atom stereocenters. The lowest BCUT2D eigenvalue weighted by molar-refractivity contribution is 0.172. The van der Waals surface area contributed by atoms with E-state index in [2.05, 4.69) is 12.2 Å². The zero-order valence-corrected chi connectivity index (χ0v) is 7.51. The highest BCUT2D eigenvalue weighted by atomic mass is 16.3. The average Bonchev–Trinajstić information content (AvgIpc) is 1.95. The Kier molecular flexibility index (Phi) is 3.34. The largest absolute Gasteiger partial charge is 0.395 e. The minimum atomic E-state index is 0.257. The van der Waals surface area contributed by atoms with E-state index in [-0.39, 0.29) is 12.6 Å². The zero-order chi connectivity index (χ0) is 8.27. The molecule has 0 amide bonds. The van der Waals surface area contributed by atoms with Gasteiger partial charge < -0.3 is 10.4 Å². The van der Waals surface area contributed by atoms with Crippen LogP contribution in [0.15, 0.2) is 0 Å². The van der Waals surface area contributed by atoms with Crippen molar-refractivity contribution in [3.8, 4) is 0 Å². The van der Waals surface area contributed by atoms with Crippen LogP contribution in [0.4, 0.5) is 0 Å². The summed E-state index contributed by atoms with van der Waals surface area (Å²) in [6.45, 7) is 4.53. The molecule has 1 aliphatic rings. The predicted molar refractivity (Wildman–Crippen MR) is 46.5 cm³/mol. The molecule has 2 nitrogen and oxygen atoms in total. The van der Waals surface area contributed by atoms with E-state index in [0.29, 0.717) is 6.04 Å². The molecule has 1 fully saturated rings. The summed E-state index contributed by atoms with van der Waals surface area (Å²) in [7, 11) is 0. The molecule has 1 saturated carbocycles. The Morgan fingerprint density at radius 2 is 2.18 bits per heavy atom. The smallest absolute Gasteiger partial charge is 0.0582 e. The maximum atomic E-state index is 8.76. The van der Waals surface area contributed by atoms with Gasteiger partial charge in [-0.1, -0.05) is 13.3 Å². The summed E-state index contributed by atoms with van der Waals surface area (Å²) in [4.78, 5) is 0. The molecule has 0 aromatic rings. The molecule has 1 atom stereocenters. The standard InChI is InChI=1S/C9H19NO/c1-3-8-4-9(5-8)10-7(2)6-11/h7-11H,3-6H2,1-2H3/t7-,8?,9?/m1/s1. The molecule has 66 valence electrons. The maximum absolute atomic E-state index is 8.76. The van der Waals surface area contributed by atoms with E-state index >= 15 is 0 Å². The van der Waals surface area contributed by atoms with E-state index in [1.807, 2.05) is 6.92 Å². The summed E-state index contributed by atoms with van der Waals surface area (Å²) in [5, 5.41) is 12.1. The second kappa shape index (κ2) is 4.07. The molecular formula is C9H19NO. The van der Waals surface area contributed by atoms with E-state index < -0.39 is 0 Å². The van der Waals surface area contributed by atoms with Crippen LogP contribution < -0.4 is 5.32 Å². The normalized spacial score (nSPS) is 33.0. The number of hydrogen-bond donors (Lipinski definition) is 2. The summed E-state index contributed by atoms with van der Waals surface area (Å²) >= 11 is 0. The Labute approximate surface area is 69.0 Å². The Hall–Kier alpha value is -0.0800. The monoisotopic (exact) mass is 157 g/mol. The van der Waals surface area contributed by atoms with Gasteiger partial charge in [0.25, 0.3) is 0 Å². The van der Waals surface area contributed by atoms with Gasteiger partial charge >= 0.3 is 0 Å². The first-order valence-electron chi connectivity index (χ1n) is 4.63. The van der Waals surface area contributed by atoms with Crippen molar-refractivity contribution in [3.05, 3.63) is 0 Å². The Morgan fingerprint density at radius 1 is 1.55 bits per heavy atom. The first kappa shape index (κ1) is 9.01. The third kappa shape index (κ3) is 2.46. The van der Waals surface area contributed by atoms with Crippen molar-refractivity contribution in [1.29, 1.82) is 0 Å². The van der Waals surface area contributed by atoms with E-state index in [1.165, 1.54) is 19.3 Å². The predicted octanol–water partition coefficient (Wildman–Crippen LogP) is 1.15. The van der Waals surface area contributed by atoms with Gasteiger partial charge in [0.2, 0.25) is 0 Å². The summed E-state index contributed by atoms with van der Waals surface area (Å²) in [5.41, 5.74) is 0. The van der Waals surface area contributed by atoms with Crippen molar-refractivity contribution in [3.63, 3.8) is 0 Å². The molecule has 1 rings (SSSR count). The van der Waals surface area contributed by atoms with Crippen LogP contribution in [0.25, 0.3) is 0 Å². The van der Waals surface area contributed by atoms with Crippen molar-refractivity contribution < 1.29 is 5.11 Å². The third-order valence-electron chi connectivity index (χ3n) is 2.61. The Balaban J connectivity index is 2.04. The molecule has 2 heteroatoms. The Bertz CT molecular complexity index is 110. The van der Waals surface area contributed by atoms with Gasteiger partial charge in [-0.3, -0.25) is 0 Å². The van der Waals surface area contributed by atoms with Crippen LogP contribution in [-0.4, -0.2) is 23.8 Å². The van der Waals surface area contributed by atoms with Gasteiger partial charge in [-0.2, -0.15) is 0 Å². The SMILES string of the molecule is CCC1CC(N[C@H](C)CO)C1. The lowest BCUT2D eigenvalue weighted by Gasteiger charge is -2.37. The lowest BCUT2D eigenvalue weighted by atomic mass is 9.78. The van der Waals surface area contributed by atoms with Crippen molar-refractivity contribution in [2.75, 3.05) is 6.61 Å². The summed E-state index contributed by atoms with van der Waals surface area (Å²) in [5.74, 6) is 0.943. The quantitative estimate of drug-likeness (QED) is 0.641. The van der Waals surface area contributed by atoms with Gasteiger partial charge in [0, 0.05) is 12.1 Å². The number of aliphatic hydroxyl groups is 1. The van der Waals surface area contributed by atoms with E-state index in [4.69, 9.17) is 5.11 Å². The summed E-state index contributed by atoms with van der Waals surface area (Å²) < 4.78 is 0. The topological polar surface area (TPSA) is 32.3 Å². The van der Waals surface area contributed by atoms with Crippen molar-refractivity contribution >= 4 is 0 Å². The van der Waals surface area contributed by atoms with Crippen LogP contribution in [-0.2, 0) is 0 Å². The number of hydrogen-bond acceptors (Lipinski definition) is 2. The first-order valence-corrected chi connectivity index (χ1v) is 4.63. The fourth-order valence-electron chi connectivity index (χ4n) is 1.66. The van der Waals surface area contributed by atoms with Gasteiger partial charge in [0.15, 0.2) is 0 Å². The minimum absolute atomic E-state index is 0.257. The van der Waals surface area contributed by atoms with Crippen LogP contribution in [0.1, 0.15) is 33.1 Å². The van der Waals surface area contributed by atoms with Crippen LogP contribution in [0.5, 0.6) is 0 Å². The highest BCUT2D eigenvalue weighted by Gasteiger charge is 2.27. The number of nitrogens with one attached hydrogen (secondary N) is 1. The van der Waals surface area contributed by atoms with Crippen LogP contribution in [0, 0.1) is 5.92 Å². The number of aliphatic hydroxyl groups excluding tert-OH is 1. The van der Waals surface area contributed by atoms with Crippen LogP contribution in [0.3, 0.4) is 0 Å². The van der Waals surface area contributed by atoms with E-state index in [0.717, 1.165) is 5.92 Å². The zero-order valence-electron chi connectivity index (χ0n) is 7.51. The molecule has 0 spiro atoms. The molecular weight excluding hydrogens is 138 g/mol. The van der Waals surface area contributed by atoms with Crippen molar-refractivity contribution in [2.24, 2.45) is 5.92 Å². The molecule has 0 bridgehead atoms. The first-order chi connectivity index (χ1) is 5.26. The molecule has 0 aliphatic heterocycles. The fourth-order valence-corrected chi connectivity index (χ4v) is 1.66. The minimum Gasteiger partial charge on any atom is -0.395 e. The second-order valence-corrected chi connectivity index (χ2v) is 3.69. The molecule has 0 aromatic heterocycles. The fraction of sp³-hybridized carbons (Fsp3) is 1.00. The molecule has 0 aromatic carbocycles. The highest BCUT2D eigenvalue weighted by Crippen LogP contribution is 2.29. The molecule has 0 heterocycles. The lowest BCUT2D eigenvalue weighted by Crippen LogP contribution is -2.46. The van der Waals surface area contributed by atoms with E-state index in [9.17, 15) is 0 Å². The van der Waals surface area contributed by atoms with Gasteiger partial charge in [-0.15, -0.1) is 0 Å².